The van der Waals surface area contributed by atoms with Crippen LogP contribution in [-0.4, -0.2) is 11.2 Å². The molecule has 0 amide bonds. The molecule has 5 rings (SSSR count). The van der Waals surface area contributed by atoms with Crippen LogP contribution in [0.4, 0.5) is 5.69 Å². The molecule has 0 saturated heterocycles. The minimum absolute atomic E-state index is 0.0505. The van der Waals surface area contributed by atoms with E-state index in [2.05, 4.69) is 46.6 Å². The summed E-state index contributed by atoms with van der Waals surface area (Å²) in [5.74, 6) is -0.0505. The number of fused-ring (bicyclic) bond motifs is 1. The summed E-state index contributed by atoms with van der Waals surface area (Å²) in [6.07, 6.45) is 0. The fraction of sp³-hybridized carbons (Fsp3) is 0. The number of carbonyl (C=O) groups is 1. The van der Waals surface area contributed by atoms with Crippen LogP contribution < -0.4 is 15.9 Å². The number of hydrogen-bond donors (Lipinski definition) is 0. The molecule has 1 aliphatic heterocycles. The number of Topliss-reactive ketones (excluding diaryl/α,β-unsaturated/α-hetero) is 1. The van der Waals surface area contributed by atoms with Crippen molar-refractivity contribution in [2.45, 2.75) is 0 Å². The monoisotopic (exact) mass is 406 g/mol. The van der Waals surface area contributed by atoms with Crippen molar-refractivity contribution in [2.75, 3.05) is 0 Å². The molecule has 0 aromatic heterocycles. The van der Waals surface area contributed by atoms with Gasteiger partial charge in [-0.25, -0.2) is 0 Å². The van der Waals surface area contributed by atoms with E-state index in [-0.39, 0.29) is 5.78 Å². The van der Waals surface area contributed by atoms with Gasteiger partial charge in [-0.15, -0.1) is 10.2 Å². The molecule has 30 heavy (non-hydrogen) atoms. The Labute approximate surface area is 175 Å². The molecule has 4 aromatic carbocycles. The summed E-state index contributed by atoms with van der Waals surface area (Å²) in [6.45, 7) is -2.53. The molecule has 0 saturated carbocycles. The van der Waals surface area contributed by atoms with Gasteiger partial charge in [-0.1, -0.05) is 103 Å². The molecular weight excluding hydrogens is 387 g/mol. The highest BCUT2D eigenvalue weighted by Crippen LogP contribution is 2.48. The molecule has 4 aromatic rings. The minimum Gasteiger partial charge on any atom is -0.287 e. The van der Waals surface area contributed by atoms with Gasteiger partial charge in [0, 0.05) is 6.89 Å². The van der Waals surface area contributed by atoms with E-state index in [9.17, 15) is 4.79 Å². The fourth-order valence-electron chi connectivity index (χ4n) is 4.01. The summed E-state index contributed by atoms with van der Waals surface area (Å²) < 4.78 is 0. The first-order valence-electron chi connectivity index (χ1n) is 9.81. The number of hydrogen-bond acceptors (Lipinski definition) is 2. The Morgan fingerprint density at radius 3 is 1.43 bits per heavy atom. The lowest BCUT2D eigenvalue weighted by Gasteiger charge is -2.31. The van der Waals surface area contributed by atoms with Crippen LogP contribution in [0.25, 0.3) is 0 Å². The van der Waals surface area contributed by atoms with Crippen molar-refractivity contribution < 1.29 is 4.79 Å². The SMILES string of the molecule is O=C1C(=P(c2ccccc2)(c2ccccc2)c2ccccc2)N=Nc2ccccc21. The van der Waals surface area contributed by atoms with Gasteiger partial charge in [-0.3, -0.25) is 4.79 Å². The van der Waals surface area contributed by atoms with Gasteiger partial charge in [0.15, 0.2) is 0 Å². The second kappa shape index (κ2) is 7.70. The van der Waals surface area contributed by atoms with Gasteiger partial charge < -0.3 is 0 Å². The minimum atomic E-state index is -2.53. The maximum atomic E-state index is 13.8. The quantitative estimate of drug-likeness (QED) is 0.437. The Hall–Kier alpha value is -3.55. The lowest BCUT2D eigenvalue weighted by molar-refractivity contribution is 0.106. The van der Waals surface area contributed by atoms with Crippen LogP contribution >= 0.6 is 6.89 Å². The predicted octanol–water partition coefficient (Wildman–Crippen LogP) is 5.09. The van der Waals surface area contributed by atoms with Crippen molar-refractivity contribution in [1.29, 1.82) is 0 Å². The molecule has 144 valence electrons. The number of rotatable bonds is 3. The molecule has 4 heteroatoms. The van der Waals surface area contributed by atoms with E-state index in [0.717, 1.165) is 15.9 Å². The zero-order valence-electron chi connectivity index (χ0n) is 16.2. The van der Waals surface area contributed by atoms with Crippen LogP contribution in [-0.2, 0) is 0 Å². The number of azo groups is 1. The Balaban J connectivity index is 1.99. The number of ketones is 1. The van der Waals surface area contributed by atoms with Crippen molar-refractivity contribution in [3.8, 4) is 0 Å². The van der Waals surface area contributed by atoms with Gasteiger partial charge in [0.05, 0.1) is 11.3 Å². The van der Waals surface area contributed by atoms with Gasteiger partial charge in [0.1, 0.15) is 5.42 Å². The van der Waals surface area contributed by atoms with E-state index in [0.29, 0.717) is 16.7 Å². The average molecular weight is 406 g/mol. The van der Waals surface area contributed by atoms with E-state index in [1.807, 2.05) is 78.9 Å². The summed E-state index contributed by atoms with van der Waals surface area (Å²) in [5, 5.41) is 12.3. The fourth-order valence-corrected chi connectivity index (χ4v) is 8.10. The lowest BCUT2D eigenvalue weighted by atomic mass is 10.1. The third kappa shape index (κ3) is 2.87. The summed E-state index contributed by atoms with van der Waals surface area (Å²) in [6, 6.07) is 38.2. The van der Waals surface area contributed by atoms with Crippen LogP contribution in [0, 0.1) is 0 Å². The van der Waals surface area contributed by atoms with Crippen LogP contribution in [0.15, 0.2) is 125 Å². The van der Waals surface area contributed by atoms with Gasteiger partial charge in [0.2, 0.25) is 5.78 Å². The van der Waals surface area contributed by atoms with Crippen LogP contribution in [0.5, 0.6) is 0 Å². The lowest BCUT2D eigenvalue weighted by Crippen LogP contribution is -2.33. The topological polar surface area (TPSA) is 41.8 Å². The van der Waals surface area contributed by atoms with E-state index in [1.54, 1.807) is 0 Å². The molecule has 0 radical (unpaired) electrons. The first-order valence-corrected chi connectivity index (χ1v) is 11.6. The Kier molecular flexibility index (Phi) is 4.74. The van der Waals surface area contributed by atoms with Gasteiger partial charge >= 0.3 is 0 Å². The average Bonchev–Trinajstić information content (AvgIpc) is 2.83. The molecule has 0 aliphatic carbocycles. The second-order valence-corrected chi connectivity index (χ2v) is 10.4. The molecule has 1 aliphatic rings. The first kappa shape index (κ1) is 18.5. The molecule has 0 N–H and O–H groups in total. The second-order valence-electron chi connectivity index (χ2n) is 7.05. The van der Waals surface area contributed by atoms with E-state index in [4.69, 9.17) is 0 Å². The summed E-state index contributed by atoms with van der Waals surface area (Å²) in [7, 11) is 0. The maximum Gasteiger partial charge on any atom is 0.216 e. The Bertz CT molecular complexity index is 1190. The standard InChI is InChI=1S/C26H19N2OP/c29-25-23-18-10-11-19-24(23)27-28-26(25)30(20-12-4-1-5-13-20,21-14-6-2-7-15-21)22-16-8-3-9-17-22/h1-19H. The van der Waals surface area contributed by atoms with Gasteiger partial charge in [0.25, 0.3) is 0 Å². The Morgan fingerprint density at radius 2 is 0.933 bits per heavy atom. The molecule has 0 bridgehead atoms. The van der Waals surface area contributed by atoms with Crippen molar-refractivity contribution in [1.82, 2.24) is 0 Å². The van der Waals surface area contributed by atoms with E-state index < -0.39 is 6.89 Å². The molecule has 0 atom stereocenters. The highest BCUT2D eigenvalue weighted by molar-refractivity contribution is 7.96. The van der Waals surface area contributed by atoms with Crippen molar-refractivity contribution in [3.63, 3.8) is 0 Å². The van der Waals surface area contributed by atoms with E-state index >= 15 is 0 Å². The highest BCUT2D eigenvalue weighted by Gasteiger charge is 2.36. The largest absolute Gasteiger partial charge is 0.287 e. The normalized spacial score (nSPS) is 13.2. The smallest absolute Gasteiger partial charge is 0.216 e. The summed E-state index contributed by atoms with van der Waals surface area (Å²) >= 11 is 0. The zero-order chi connectivity index (χ0) is 20.4. The third-order valence-corrected chi connectivity index (χ3v) is 9.50. The van der Waals surface area contributed by atoms with Crippen molar-refractivity contribution in [3.05, 3.63) is 121 Å². The summed E-state index contributed by atoms with van der Waals surface area (Å²) in [5.41, 5.74) is 1.75. The molecular formula is C26H19N2OP. The zero-order valence-corrected chi connectivity index (χ0v) is 17.1. The molecule has 1 heterocycles. The predicted molar refractivity (Wildman–Crippen MR) is 125 cm³/mol. The maximum absolute atomic E-state index is 13.8. The molecule has 3 nitrogen and oxygen atoms in total. The molecule has 0 unspecified atom stereocenters. The van der Waals surface area contributed by atoms with Gasteiger partial charge in [-0.2, -0.15) is 0 Å². The number of benzene rings is 4. The number of carbonyl (C=O) groups excluding carboxylic acids is 1. The molecule has 0 spiro atoms. The van der Waals surface area contributed by atoms with E-state index in [1.165, 1.54) is 0 Å². The van der Waals surface area contributed by atoms with Crippen LogP contribution in [0.2, 0.25) is 0 Å². The van der Waals surface area contributed by atoms with Crippen molar-refractivity contribution in [2.24, 2.45) is 10.2 Å². The highest BCUT2D eigenvalue weighted by atomic mass is 31.2. The third-order valence-electron chi connectivity index (χ3n) is 5.35. The first-order chi connectivity index (χ1) is 14.8. The number of nitrogens with zero attached hydrogens (tertiary/aromatic N) is 2. The van der Waals surface area contributed by atoms with Crippen LogP contribution in [0.3, 0.4) is 0 Å². The molecule has 0 fully saturated rings. The summed E-state index contributed by atoms with van der Waals surface area (Å²) in [4.78, 5) is 13.8. The van der Waals surface area contributed by atoms with Crippen molar-refractivity contribution >= 4 is 39.7 Å². The Morgan fingerprint density at radius 1 is 0.500 bits per heavy atom. The van der Waals surface area contributed by atoms with Gasteiger partial charge in [-0.05, 0) is 28.0 Å². The van der Waals surface area contributed by atoms with Crippen LogP contribution in [0.1, 0.15) is 10.4 Å².